The summed E-state index contributed by atoms with van der Waals surface area (Å²) in [6.07, 6.45) is 3.30. The highest BCUT2D eigenvalue weighted by Gasteiger charge is 2.42. The molecule has 1 aromatic carbocycles. The number of nitro benzene ring substituents is 1. The van der Waals surface area contributed by atoms with Gasteiger partial charge in [0.2, 0.25) is 0 Å². The molecule has 0 radical (unpaired) electrons. The predicted octanol–water partition coefficient (Wildman–Crippen LogP) is 3.04. The second-order valence-corrected chi connectivity index (χ2v) is 6.18. The van der Waals surface area contributed by atoms with Crippen LogP contribution in [0.4, 0.5) is 10.1 Å². The molecule has 1 fully saturated rings. The first-order valence-corrected chi connectivity index (χ1v) is 8.25. The van der Waals surface area contributed by atoms with E-state index in [9.17, 15) is 24.1 Å². The molecular weight excluding hydrogens is 331 g/mol. The lowest BCUT2D eigenvalue weighted by molar-refractivity contribution is -0.385. The molecule has 1 aliphatic rings. The molecule has 0 heterocycles. The molecule has 0 spiro atoms. The topological polar surface area (TPSA) is 98.5 Å². The average molecular weight is 352 g/mol. The van der Waals surface area contributed by atoms with Crippen LogP contribution in [0.3, 0.4) is 0 Å². The van der Waals surface area contributed by atoms with Gasteiger partial charge < -0.3 is 10.1 Å². The van der Waals surface area contributed by atoms with Crippen molar-refractivity contribution >= 4 is 17.6 Å². The number of carbonyl (C=O) groups is 2. The average Bonchev–Trinajstić information content (AvgIpc) is 2.57. The fraction of sp³-hybridized carbons (Fsp3) is 0.529. The van der Waals surface area contributed by atoms with Gasteiger partial charge in [-0.25, -0.2) is 9.18 Å². The van der Waals surface area contributed by atoms with Crippen molar-refractivity contribution in [2.75, 3.05) is 6.61 Å². The first-order valence-electron chi connectivity index (χ1n) is 8.25. The van der Waals surface area contributed by atoms with Crippen molar-refractivity contribution in [1.29, 1.82) is 0 Å². The molecule has 0 bridgehead atoms. The molecule has 0 atom stereocenters. The minimum Gasteiger partial charge on any atom is -0.464 e. The Morgan fingerprint density at radius 2 is 1.96 bits per heavy atom. The van der Waals surface area contributed by atoms with E-state index in [1.807, 2.05) is 0 Å². The predicted molar refractivity (Wildman–Crippen MR) is 87.7 cm³/mol. The quantitative estimate of drug-likeness (QED) is 0.499. The summed E-state index contributed by atoms with van der Waals surface area (Å²) in [4.78, 5) is 35.2. The third-order valence-electron chi connectivity index (χ3n) is 4.50. The third kappa shape index (κ3) is 3.94. The third-order valence-corrected chi connectivity index (χ3v) is 4.50. The van der Waals surface area contributed by atoms with Crippen LogP contribution in [0.1, 0.15) is 54.9 Å². The summed E-state index contributed by atoms with van der Waals surface area (Å²) in [6, 6.07) is 1.97. The summed E-state index contributed by atoms with van der Waals surface area (Å²) < 4.78 is 19.0. The first kappa shape index (κ1) is 18.8. The number of amides is 1. The zero-order valence-corrected chi connectivity index (χ0v) is 14.3. The summed E-state index contributed by atoms with van der Waals surface area (Å²) in [6.45, 7) is 3.13. The summed E-state index contributed by atoms with van der Waals surface area (Å²) in [5.41, 5.74) is -1.97. The number of ether oxygens (including phenoxy) is 1. The van der Waals surface area contributed by atoms with Crippen molar-refractivity contribution in [2.45, 2.75) is 51.5 Å². The molecule has 0 aromatic heterocycles. The molecule has 1 N–H and O–H groups in total. The molecule has 8 heteroatoms. The summed E-state index contributed by atoms with van der Waals surface area (Å²) >= 11 is 0. The molecule has 0 saturated heterocycles. The van der Waals surface area contributed by atoms with E-state index < -0.39 is 33.8 Å². The van der Waals surface area contributed by atoms with Crippen LogP contribution in [0.5, 0.6) is 0 Å². The number of hydrogen-bond acceptors (Lipinski definition) is 5. The van der Waals surface area contributed by atoms with Gasteiger partial charge in [0.1, 0.15) is 11.4 Å². The van der Waals surface area contributed by atoms with E-state index in [1.165, 1.54) is 6.92 Å². The van der Waals surface area contributed by atoms with Crippen LogP contribution < -0.4 is 5.32 Å². The Hall–Kier alpha value is -2.51. The van der Waals surface area contributed by atoms with Crippen LogP contribution in [0.2, 0.25) is 0 Å². The van der Waals surface area contributed by atoms with Gasteiger partial charge in [-0.1, -0.05) is 19.3 Å². The summed E-state index contributed by atoms with van der Waals surface area (Å²) in [7, 11) is 0. The molecule has 7 nitrogen and oxygen atoms in total. The van der Waals surface area contributed by atoms with E-state index in [4.69, 9.17) is 4.74 Å². The van der Waals surface area contributed by atoms with Gasteiger partial charge in [0.05, 0.1) is 17.1 Å². The van der Waals surface area contributed by atoms with E-state index in [1.54, 1.807) is 6.92 Å². The number of nitrogens with one attached hydrogen (secondary N) is 1. The zero-order valence-electron chi connectivity index (χ0n) is 14.3. The van der Waals surface area contributed by atoms with Crippen molar-refractivity contribution < 1.29 is 23.6 Å². The molecular formula is C17H21FN2O5. The Morgan fingerprint density at radius 1 is 1.32 bits per heavy atom. The van der Waals surface area contributed by atoms with Gasteiger partial charge >= 0.3 is 5.97 Å². The van der Waals surface area contributed by atoms with Gasteiger partial charge in [-0.3, -0.25) is 14.9 Å². The van der Waals surface area contributed by atoms with Gasteiger partial charge in [-0.2, -0.15) is 0 Å². The SMILES string of the molecule is CCOC(=O)C1(NC(=O)c2cc(F)c(C)c([N+](=O)[O-])c2)CCCCC1. The highest BCUT2D eigenvalue weighted by molar-refractivity contribution is 5.98. The Kier molecular flexibility index (Phi) is 5.71. The van der Waals surface area contributed by atoms with Crippen LogP contribution in [-0.2, 0) is 9.53 Å². The van der Waals surface area contributed by atoms with E-state index >= 15 is 0 Å². The van der Waals surface area contributed by atoms with Gasteiger partial charge in [-0.15, -0.1) is 0 Å². The van der Waals surface area contributed by atoms with Crippen molar-refractivity contribution in [2.24, 2.45) is 0 Å². The van der Waals surface area contributed by atoms with Crippen LogP contribution in [-0.4, -0.2) is 28.9 Å². The Labute approximate surface area is 144 Å². The van der Waals surface area contributed by atoms with E-state index in [0.29, 0.717) is 12.8 Å². The highest BCUT2D eigenvalue weighted by atomic mass is 19.1. The second-order valence-electron chi connectivity index (χ2n) is 6.18. The Morgan fingerprint density at radius 3 is 2.52 bits per heavy atom. The second kappa shape index (κ2) is 7.58. The normalized spacial score (nSPS) is 16.1. The molecule has 136 valence electrons. The molecule has 1 saturated carbocycles. The standard InChI is InChI=1S/C17H21FN2O5/c1-3-25-16(22)17(7-5-4-6-8-17)19-15(21)12-9-13(18)11(2)14(10-12)20(23)24/h9-10H,3-8H2,1-2H3,(H,19,21). The lowest BCUT2D eigenvalue weighted by Crippen LogP contribution is -2.56. The molecule has 0 aliphatic heterocycles. The van der Waals surface area contributed by atoms with Crippen LogP contribution in [0.25, 0.3) is 0 Å². The van der Waals surface area contributed by atoms with Crippen molar-refractivity contribution in [3.63, 3.8) is 0 Å². The molecule has 1 aliphatic carbocycles. The van der Waals surface area contributed by atoms with Crippen molar-refractivity contribution in [3.05, 3.63) is 39.2 Å². The van der Waals surface area contributed by atoms with Gasteiger partial charge in [0.15, 0.2) is 0 Å². The fourth-order valence-corrected chi connectivity index (χ4v) is 3.08. The number of halogens is 1. The minimum absolute atomic E-state index is 0.140. The van der Waals surface area contributed by atoms with Crippen molar-refractivity contribution in [3.8, 4) is 0 Å². The summed E-state index contributed by atoms with van der Waals surface area (Å²) in [5, 5.41) is 13.7. The van der Waals surface area contributed by atoms with E-state index in [2.05, 4.69) is 5.32 Å². The monoisotopic (exact) mass is 352 g/mol. The molecule has 25 heavy (non-hydrogen) atoms. The Bertz CT molecular complexity index is 699. The molecule has 1 amide bonds. The van der Waals surface area contributed by atoms with E-state index in [-0.39, 0.29) is 17.7 Å². The van der Waals surface area contributed by atoms with Gasteiger partial charge in [0.25, 0.3) is 11.6 Å². The number of carbonyl (C=O) groups excluding carboxylic acids is 2. The van der Waals surface area contributed by atoms with Gasteiger partial charge in [-0.05, 0) is 32.8 Å². The van der Waals surface area contributed by atoms with Crippen LogP contribution in [0, 0.1) is 22.9 Å². The number of nitro groups is 1. The van der Waals surface area contributed by atoms with Crippen LogP contribution >= 0.6 is 0 Å². The van der Waals surface area contributed by atoms with E-state index in [0.717, 1.165) is 31.4 Å². The largest absolute Gasteiger partial charge is 0.464 e. The smallest absolute Gasteiger partial charge is 0.331 e. The summed E-state index contributed by atoms with van der Waals surface area (Å²) in [5.74, 6) is -2.09. The molecule has 1 aromatic rings. The number of rotatable bonds is 5. The molecule has 2 rings (SSSR count). The molecule has 0 unspecified atom stereocenters. The Balaban J connectivity index is 2.33. The van der Waals surface area contributed by atoms with Crippen LogP contribution in [0.15, 0.2) is 12.1 Å². The first-order chi connectivity index (χ1) is 11.8. The highest BCUT2D eigenvalue weighted by Crippen LogP contribution is 2.30. The number of esters is 1. The lowest BCUT2D eigenvalue weighted by Gasteiger charge is -2.35. The fourth-order valence-electron chi connectivity index (χ4n) is 3.08. The zero-order chi connectivity index (χ0) is 18.6. The number of nitrogens with zero attached hydrogens (tertiary/aromatic N) is 1. The minimum atomic E-state index is -1.17. The lowest BCUT2D eigenvalue weighted by atomic mass is 9.81. The van der Waals surface area contributed by atoms with Gasteiger partial charge in [0, 0.05) is 11.6 Å². The number of benzene rings is 1. The maximum Gasteiger partial charge on any atom is 0.331 e. The van der Waals surface area contributed by atoms with Crippen molar-refractivity contribution in [1.82, 2.24) is 5.32 Å². The maximum atomic E-state index is 13.9. The maximum absolute atomic E-state index is 13.9. The number of hydrogen-bond donors (Lipinski definition) is 1.